The number of hydrogen-bond acceptors (Lipinski definition) is 4. The Bertz CT molecular complexity index is 412. The van der Waals surface area contributed by atoms with Gasteiger partial charge in [-0.05, 0) is 24.1 Å². The van der Waals surface area contributed by atoms with Crippen molar-refractivity contribution in [1.82, 2.24) is 0 Å². The fraction of sp³-hybridized carbons (Fsp3) is 0.462. The lowest BCUT2D eigenvalue weighted by Crippen LogP contribution is -2.25. The Balaban J connectivity index is 2.17. The van der Waals surface area contributed by atoms with E-state index in [2.05, 4.69) is 0 Å². The fourth-order valence-corrected chi connectivity index (χ4v) is 2.03. The molecule has 2 atom stereocenters. The van der Waals surface area contributed by atoms with Gasteiger partial charge in [-0.1, -0.05) is 19.1 Å². The molecule has 0 bridgehead atoms. The Morgan fingerprint density at radius 2 is 2.00 bits per heavy atom. The molecule has 4 heteroatoms. The van der Waals surface area contributed by atoms with Crippen molar-refractivity contribution in [2.45, 2.75) is 25.0 Å². The van der Waals surface area contributed by atoms with Crippen LogP contribution in [0.15, 0.2) is 24.3 Å². The summed E-state index contributed by atoms with van der Waals surface area (Å²) in [6, 6.07) is 7.52. The molecule has 1 fully saturated rings. The SMILES string of the molecule is CC[C@@]1(C(=O)OC)O[C@H]1c1ccc(OC)cc1. The maximum Gasteiger partial charge on any atom is 0.341 e. The molecule has 4 nitrogen and oxygen atoms in total. The van der Waals surface area contributed by atoms with Crippen LogP contribution in [0.4, 0.5) is 0 Å². The van der Waals surface area contributed by atoms with Gasteiger partial charge in [0.05, 0.1) is 14.2 Å². The molecular formula is C13H16O4. The number of ether oxygens (including phenoxy) is 3. The van der Waals surface area contributed by atoms with Crippen molar-refractivity contribution in [2.24, 2.45) is 0 Å². The van der Waals surface area contributed by atoms with E-state index in [4.69, 9.17) is 14.2 Å². The fourth-order valence-electron chi connectivity index (χ4n) is 2.03. The zero-order valence-electron chi connectivity index (χ0n) is 10.2. The number of hydrogen-bond donors (Lipinski definition) is 0. The summed E-state index contributed by atoms with van der Waals surface area (Å²) < 4.78 is 15.4. The quantitative estimate of drug-likeness (QED) is 0.593. The number of rotatable bonds is 4. The van der Waals surface area contributed by atoms with Gasteiger partial charge in [0.2, 0.25) is 0 Å². The predicted molar refractivity (Wildman–Crippen MR) is 61.9 cm³/mol. The Hall–Kier alpha value is -1.55. The Morgan fingerprint density at radius 1 is 1.35 bits per heavy atom. The highest BCUT2D eigenvalue weighted by molar-refractivity contribution is 5.83. The van der Waals surface area contributed by atoms with E-state index in [9.17, 15) is 4.79 Å². The summed E-state index contributed by atoms with van der Waals surface area (Å²) in [5, 5.41) is 0. The molecule has 0 amide bonds. The van der Waals surface area contributed by atoms with Gasteiger partial charge in [-0.2, -0.15) is 0 Å². The maximum atomic E-state index is 11.7. The van der Waals surface area contributed by atoms with Gasteiger partial charge in [0.15, 0.2) is 5.60 Å². The Labute approximate surface area is 100 Å². The molecule has 1 aromatic carbocycles. The van der Waals surface area contributed by atoms with Crippen LogP contribution < -0.4 is 4.74 Å². The van der Waals surface area contributed by atoms with Gasteiger partial charge in [0.25, 0.3) is 0 Å². The number of carbonyl (C=O) groups is 1. The second kappa shape index (κ2) is 4.37. The predicted octanol–water partition coefficient (Wildman–Crippen LogP) is 2.09. The summed E-state index contributed by atoms with van der Waals surface area (Å²) in [5.74, 6) is 0.482. The van der Waals surface area contributed by atoms with Gasteiger partial charge in [-0.3, -0.25) is 0 Å². The lowest BCUT2D eigenvalue weighted by atomic mass is 9.97. The van der Waals surface area contributed by atoms with Crippen LogP contribution in [0, 0.1) is 0 Å². The molecule has 0 unspecified atom stereocenters. The molecule has 0 spiro atoms. The van der Waals surface area contributed by atoms with Crippen molar-refractivity contribution in [3.63, 3.8) is 0 Å². The van der Waals surface area contributed by atoms with E-state index < -0.39 is 5.60 Å². The average molecular weight is 236 g/mol. The van der Waals surface area contributed by atoms with Crippen LogP contribution in [0.2, 0.25) is 0 Å². The summed E-state index contributed by atoms with van der Waals surface area (Å²) in [7, 11) is 3.00. The molecule has 92 valence electrons. The Kier molecular flexibility index (Phi) is 3.07. The third-order valence-electron chi connectivity index (χ3n) is 3.17. The standard InChI is InChI=1S/C13H16O4/c1-4-13(12(14)16-3)11(17-13)9-5-7-10(15-2)8-6-9/h5-8,11H,4H2,1-3H3/t11-,13+/m0/s1. The molecule has 1 aromatic rings. The van der Waals surface area contributed by atoms with Gasteiger partial charge in [-0.25, -0.2) is 4.79 Å². The van der Waals surface area contributed by atoms with Gasteiger partial charge in [-0.15, -0.1) is 0 Å². The van der Waals surface area contributed by atoms with Crippen molar-refractivity contribution in [3.05, 3.63) is 29.8 Å². The van der Waals surface area contributed by atoms with Crippen LogP contribution in [0.25, 0.3) is 0 Å². The first-order chi connectivity index (χ1) is 8.17. The first-order valence-electron chi connectivity index (χ1n) is 5.58. The van der Waals surface area contributed by atoms with Crippen molar-refractivity contribution >= 4 is 5.97 Å². The third-order valence-corrected chi connectivity index (χ3v) is 3.17. The lowest BCUT2D eigenvalue weighted by Gasteiger charge is -2.07. The molecule has 0 aromatic heterocycles. The van der Waals surface area contributed by atoms with Crippen LogP contribution in [-0.4, -0.2) is 25.8 Å². The number of epoxide rings is 1. The van der Waals surface area contributed by atoms with E-state index in [0.717, 1.165) is 11.3 Å². The van der Waals surface area contributed by atoms with Gasteiger partial charge in [0, 0.05) is 0 Å². The molecule has 1 heterocycles. The highest BCUT2D eigenvalue weighted by Crippen LogP contribution is 2.52. The second-order valence-corrected chi connectivity index (χ2v) is 4.01. The summed E-state index contributed by atoms with van der Waals surface area (Å²) in [6.45, 7) is 1.92. The summed E-state index contributed by atoms with van der Waals surface area (Å²) >= 11 is 0. The molecule has 2 rings (SSSR count). The van der Waals surface area contributed by atoms with E-state index in [1.165, 1.54) is 7.11 Å². The minimum Gasteiger partial charge on any atom is -0.497 e. The molecule has 1 saturated heterocycles. The van der Waals surface area contributed by atoms with Crippen molar-refractivity contribution in [3.8, 4) is 5.75 Å². The second-order valence-electron chi connectivity index (χ2n) is 4.01. The molecule has 0 N–H and O–H groups in total. The number of carbonyl (C=O) groups excluding carboxylic acids is 1. The van der Waals surface area contributed by atoms with E-state index in [-0.39, 0.29) is 12.1 Å². The third kappa shape index (κ3) is 1.89. The minimum absolute atomic E-state index is 0.203. The van der Waals surface area contributed by atoms with Gasteiger partial charge in [0.1, 0.15) is 11.9 Å². The normalized spacial score (nSPS) is 26.4. The maximum absolute atomic E-state index is 11.7. The zero-order chi connectivity index (χ0) is 12.5. The van der Waals surface area contributed by atoms with E-state index in [1.54, 1.807) is 7.11 Å². The summed E-state index contributed by atoms with van der Waals surface area (Å²) in [6.07, 6.45) is 0.405. The highest BCUT2D eigenvalue weighted by Gasteiger charge is 2.62. The van der Waals surface area contributed by atoms with E-state index >= 15 is 0 Å². The molecule has 17 heavy (non-hydrogen) atoms. The highest BCUT2D eigenvalue weighted by atomic mass is 16.7. The largest absolute Gasteiger partial charge is 0.497 e. The van der Waals surface area contributed by atoms with E-state index in [1.807, 2.05) is 31.2 Å². The Morgan fingerprint density at radius 3 is 2.47 bits per heavy atom. The molecule has 1 aliphatic rings. The average Bonchev–Trinajstić information content (AvgIpc) is 3.14. The van der Waals surface area contributed by atoms with Crippen LogP contribution in [0.1, 0.15) is 25.0 Å². The van der Waals surface area contributed by atoms with Crippen LogP contribution in [0.5, 0.6) is 5.75 Å². The number of esters is 1. The zero-order valence-corrected chi connectivity index (χ0v) is 10.2. The first kappa shape index (κ1) is 11.9. The van der Waals surface area contributed by atoms with Crippen molar-refractivity contribution in [2.75, 3.05) is 14.2 Å². The monoisotopic (exact) mass is 236 g/mol. The van der Waals surface area contributed by atoms with E-state index in [0.29, 0.717) is 6.42 Å². The summed E-state index contributed by atoms with van der Waals surface area (Å²) in [5.41, 5.74) is 0.182. The first-order valence-corrected chi connectivity index (χ1v) is 5.58. The molecule has 1 aliphatic heterocycles. The van der Waals surface area contributed by atoms with Crippen LogP contribution in [-0.2, 0) is 14.3 Å². The minimum atomic E-state index is -0.788. The van der Waals surface area contributed by atoms with Crippen LogP contribution in [0.3, 0.4) is 0 Å². The number of benzene rings is 1. The smallest absolute Gasteiger partial charge is 0.341 e. The topological polar surface area (TPSA) is 48.1 Å². The number of methoxy groups -OCH3 is 2. The van der Waals surface area contributed by atoms with Crippen molar-refractivity contribution in [1.29, 1.82) is 0 Å². The summed E-state index contributed by atoms with van der Waals surface area (Å²) in [4.78, 5) is 11.7. The van der Waals surface area contributed by atoms with Gasteiger partial charge >= 0.3 is 5.97 Å². The lowest BCUT2D eigenvalue weighted by molar-refractivity contribution is -0.147. The molecule has 0 aliphatic carbocycles. The van der Waals surface area contributed by atoms with Gasteiger partial charge < -0.3 is 14.2 Å². The molecular weight excluding hydrogens is 220 g/mol. The van der Waals surface area contributed by atoms with Crippen LogP contribution >= 0.6 is 0 Å². The molecule has 0 radical (unpaired) electrons. The molecule has 0 saturated carbocycles. The van der Waals surface area contributed by atoms with Crippen molar-refractivity contribution < 1.29 is 19.0 Å².